The van der Waals surface area contributed by atoms with Crippen LogP contribution in [0.3, 0.4) is 0 Å². The molecule has 2 aromatic heterocycles. The highest BCUT2D eigenvalue weighted by atomic mass is 16.5. The lowest BCUT2D eigenvalue weighted by Gasteiger charge is -1.97. The minimum Gasteiger partial charge on any atom is -0.619 e. The Morgan fingerprint density at radius 2 is 1.57 bits per heavy atom. The van der Waals surface area contributed by atoms with Crippen molar-refractivity contribution in [3.05, 3.63) is 65.9 Å². The van der Waals surface area contributed by atoms with E-state index in [9.17, 15) is 5.21 Å². The van der Waals surface area contributed by atoms with E-state index in [1.165, 1.54) is 12.4 Å². The second kappa shape index (κ2) is 3.87. The minimum atomic E-state index is 0.791. The van der Waals surface area contributed by atoms with Gasteiger partial charge in [-0.15, -0.1) is 0 Å². The Balaban J connectivity index is 2.16. The third-order valence-electron chi connectivity index (χ3n) is 2.01. The van der Waals surface area contributed by atoms with Crippen LogP contribution in [0.15, 0.2) is 55.1 Å². The summed E-state index contributed by atoms with van der Waals surface area (Å²) in [7, 11) is 0. The van der Waals surface area contributed by atoms with E-state index < -0.39 is 0 Å². The summed E-state index contributed by atoms with van der Waals surface area (Å²) < 4.78 is 2.85. The van der Waals surface area contributed by atoms with Gasteiger partial charge < -0.3 is 5.21 Å². The van der Waals surface area contributed by atoms with Crippen LogP contribution in [0.1, 0.15) is 5.56 Å². The molecule has 0 saturated carbocycles. The van der Waals surface area contributed by atoms with Crippen LogP contribution in [0.25, 0.3) is 0 Å². The molecule has 0 amide bonds. The summed E-state index contributed by atoms with van der Waals surface area (Å²) in [5.41, 5.74) is 1.12. The summed E-state index contributed by atoms with van der Waals surface area (Å²) in [6.07, 6.45) is 7.02. The van der Waals surface area contributed by atoms with Crippen molar-refractivity contribution in [2.24, 2.45) is 0 Å². The zero-order valence-electron chi connectivity index (χ0n) is 7.71. The first-order valence-electron chi connectivity index (χ1n) is 4.46. The summed E-state index contributed by atoms with van der Waals surface area (Å²) in [5.74, 6) is 0. The molecule has 0 radical (unpaired) electrons. The summed E-state index contributed by atoms with van der Waals surface area (Å²) >= 11 is 0. The van der Waals surface area contributed by atoms with E-state index in [-0.39, 0.29) is 0 Å². The molecule has 0 spiro atoms. The number of nitrogens with zero attached hydrogens (tertiary/aromatic N) is 2. The summed E-state index contributed by atoms with van der Waals surface area (Å²) in [6, 6.07) is 9.60. The van der Waals surface area contributed by atoms with Gasteiger partial charge >= 0.3 is 0 Å². The fraction of sp³-hybridized carbons (Fsp3) is 0.0909. The number of hydrogen-bond acceptors (Lipinski definition) is 1. The van der Waals surface area contributed by atoms with Gasteiger partial charge in [-0.25, -0.2) is 4.57 Å². The summed E-state index contributed by atoms with van der Waals surface area (Å²) in [5, 5.41) is 10.8. The van der Waals surface area contributed by atoms with Gasteiger partial charge in [-0.1, -0.05) is 6.07 Å². The molecule has 0 aliphatic carbocycles. The molecule has 2 rings (SSSR count). The first-order valence-corrected chi connectivity index (χ1v) is 4.46. The molecule has 0 bridgehead atoms. The molecule has 2 heterocycles. The zero-order valence-corrected chi connectivity index (χ0v) is 7.71. The van der Waals surface area contributed by atoms with Crippen LogP contribution < -0.4 is 9.30 Å². The minimum absolute atomic E-state index is 0.791. The van der Waals surface area contributed by atoms with Crippen molar-refractivity contribution in [2.45, 2.75) is 6.54 Å². The van der Waals surface area contributed by atoms with Crippen LogP contribution in [-0.2, 0) is 6.54 Å². The molecule has 3 nitrogen and oxygen atoms in total. The number of pyridine rings is 2. The fourth-order valence-corrected chi connectivity index (χ4v) is 1.30. The normalized spacial score (nSPS) is 10.0. The molecule has 70 valence electrons. The molecule has 14 heavy (non-hydrogen) atoms. The van der Waals surface area contributed by atoms with Crippen molar-refractivity contribution in [1.29, 1.82) is 0 Å². The quantitative estimate of drug-likeness (QED) is 0.501. The smallest absolute Gasteiger partial charge is 0.180 e. The standard InChI is InChI=1S/C11H11N2O/c14-13-8-4-11(5-9-13)10-12-6-2-1-3-7-12/h1-9H,10H2/q+1. The fourth-order valence-electron chi connectivity index (χ4n) is 1.30. The Morgan fingerprint density at radius 3 is 2.21 bits per heavy atom. The zero-order chi connectivity index (χ0) is 9.80. The number of hydrogen-bond donors (Lipinski definition) is 0. The first kappa shape index (κ1) is 8.69. The second-order valence-electron chi connectivity index (χ2n) is 3.11. The van der Waals surface area contributed by atoms with E-state index in [1.807, 2.05) is 42.7 Å². The molecule has 0 N–H and O–H groups in total. The lowest BCUT2D eigenvalue weighted by atomic mass is 10.2. The van der Waals surface area contributed by atoms with E-state index in [0.717, 1.165) is 16.8 Å². The van der Waals surface area contributed by atoms with Crippen molar-refractivity contribution in [1.82, 2.24) is 0 Å². The maximum absolute atomic E-state index is 10.8. The molecule has 0 unspecified atom stereocenters. The molecule has 0 fully saturated rings. The number of aromatic nitrogens is 2. The van der Waals surface area contributed by atoms with E-state index >= 15 is 0 Å². The van der Waals surface area contributed by atoms with Gasteiger partial charge in [0.05, 0.1) is 0 Å². The Bertz CT molecular complexity index is 397. The average molecular weight is 187 g/mol. The Hall–Kier alpha value is -1.90. The summed E-state index contributed by atoms with van der Waals surface area (Å²) in [4.78, 5) is 0. The molecule has 2 aromatic rings. The van der Waals surface area contributed by atoms with Gasteiger partial charge in [0.15, 0.2) is 31.3 Å². The highest BCUT2D eigenvalue weighted by Crippen LogP contribution is 1.93. The molecular formula is C11H11N2O+. The second-order valence-corrected chi connectivity index (χ2v) is 3.11. The molecular weight excluding hydrogens is 176 g/mol. The van der Waals surface area contributed by atoms with Crippen molar-refractivity contribution in [2.75, 3.05) is 0 Å². The molecule has 0 aliphatic rings. The largest absolute Gasteiger partial charge is 0.619 e. The molecule has 0 saturated heterocycles. The molecule has 3 heteroatoms. The van der Waals surface area contributed by atoms with E-state index in [2.05, 4.69) is 4.57 Å². The van der Waals surface area contributed by atoms with E-state index in [4.69, 9.17) is 0 Å². The van der Waals surface area contributed by atoms with Crippen LogP contribution in [-0.4, -0.2) is 0 Å². The Labute approximate surface area is 82.5 Å². The van der Waals surface area contributed by atoms with Crippen LogP contribution in [0.4, 0.5) is 0 Å². The number of rotatable bonds is 2. The maximum atomic E-state index is 10.8. The average Bonchev–Trinajstić information content (AvgIpc) is 2.23. The highest BCUT2D eigenvalue weighted by molar-refractivity contribution is 5.05. The van der Waals surface area contributed by atoms with Gasteiger partial charge in [-0.05, 0) is 0 Å². The Morgan fingerprint density at radius 1 is 0.929 bits per heavy atom. The predicted molar refractivity (Wildman–Crippen MR) is 51.1 cm³/mol. The van der Waals surface area contributed by atoms with Gasteiger partial charge in [0, 0.05) is 29.8 Å². The van der Waals surface area contributed by atoms with E-state index in [0.29, 0.717) is 0 Å². The third kappa shape index (κ3) is 2.07. The lowest BCUT2D eigenvalue weighted by Crippen LogP contribution is -2.33. The van der Waals surface area contributed by atoms with Crippen LogP contribution in [0.5, 0.6) is 0 Å². The van der Waals surface area contributed by atoms with Gasteiger partial charge in [-0.2, -0.15) is 4.73 Å². The third-order valence-corrected chi connectivity index (χ3v) is 2.01. The van der Waals surface area contributed by atoms with Crippen molar-refractivity contribution in [3.8, 4) is 0 Å². The monoisotopic (exact) mass is 187 g/mol. The highest BCUT2D eigenvalue weighted by Gasteiger charge is 2.01. The van der Waals surface area contributed by atoms with Gasteiger partial charge in [0.2, 0.25) is 0 Å². The molecule has 0 aromatic carbocycles. The van der Waals surface area contributed by atoms with Crippen LogP contribution in [0, 0.1) is 5.21 Å². The van der Waals surface area contributed by atoms with Crippen molar-refractivity contribution in [3.63, 3.8) is 0 Å². The predicted octanol–water partition coefficient (Wildman–Crippen LogP) is 0.656. The van der Waals surface area contributed by atoms with Gasteiger partial charge in [-0.3, -0.25) is 0 Å². The van der Waals surface area contributed by atoms with E-state index in [1.54, 1.807) is 0 Å². The van der Waals surface area contributed by atoms with Crippen molar-refractivity contribution >= 4 is 0 Å². The topological polar surface area (TPSA) is 30.8 Å². The lowest BCUT2D eigenvalue weighted by molar-refractivity contribution is -0.688. The van der Waals surface area contributed by atoms with Crippen LogP contribution in [0.2, 0.25) is 0 Å². The molecule has 0 aliphatic heterocycles. The first-order chi connectivity index (χ1) is 6.84. The summed E-state index contributed by atoms with van der Waals surface area (Å²) in [6.45, 7) is 0.793. The van der Waals surface area contributed by atoms with Crippen molar-refractivity contribution < 1.29 is 9.30 Å². The molecule has 0 atom stereocenters. The maximum Gasteiger partial charge on any atom is 0.180 e. The van der Waals surface area contributed by atoms with Gasteiger partial charge in [0.25, 0.3) is 0 Å². The van der Waals surface area contributed by atoms with Gasteiger partial charge in [0.1, 0.15) is 0 Å². The van der Waals surface area contributed by atoms with Crippen LogP contribution >= 0.6 is 0 Å². The SMILES string of the molecule is [O-][n+]1ccc(C[n+]2ccccc2)cc1. The Kier molecular flexibility index (Phi) is 2.40.